The zero-order chi connectivity index (χ0) is 11.5. The molecule has 1 fully saturated rings. The molecule has 0 amide bonds. The van der Waals surface area contributed by atoms with Gasteiger partial charge in [-0.1, -0.05) is 25.7 Å². The standard InChI is InChI=1S/C12H17BrN2O/c13-9-7-10(14)12(16)15-11(9)8-5-3-1-2-4-6-8/h7-8H,1-6,14H2,(H,15,16). The Kier molecular flexibility index (Phi) is 3.69. The quantitative estimate of drug-likeness (QED) is 0.779. The number of rotatable bonds is 1. The van der Waals surface area contributed by atoms with Crippen LogP contribution in [0.3, 0.4) is 0 Å². The van der Waals surface area contributed by atoms with Gasteiger partial charge in [-0.15, -0.1) is 0 Å². The van der Waals surface area contributed by atoms with Crippen LogP contribution in [0.5, 0.6) is 0 Å². The van der Waals surface area contributed by atoms with Crippen molar-refractivity contribution in [3.63, 3.8) is 0 Å². The molecule has 0 radical (unpaired) electrons. The van der Waals surface area contributed by atoms with Crippen molar-refractivity contribution in [2.45, 2.75) is 44.4 Å². The molecular weight excluding hydrogens is 268 g/mol. The maximum absolute atomic E-state index is 11.5. The number of nitrogens with two attached hydrogens (primary N) is 1. The van der Waals surface area contributed by atoms with Crippen LogP contribution in [0.4, 0.5) is 5.69 Å². The van der Waals surface area contributed by atoms with E-state index in [2.05, 4.69) is 20.9 Å². The molecule has 0 saturated heterocycles. The van der Waals surface area contributed by atoms with Crippen LogP contribution in [0.2, 0.25) is 0 Å². The van der Waals surface area contributed by atoms with Crippen molar-refractivity contribution in [1.29, 1.82) is 0 Å². The van der Waals surface area contributed by atoms with Gasteiger partial charge in [0.05, 0.1) is 5.69 Å². The number of aromatic nitrogens is 1. The first kappa shape index (κ1) is 11.7. The third-order valence-electron chi connectivity index (χ3n) is 3.31. The molecule has 3 nitrogen and oxygen atoms in total. The summed E-state index contributed by atoms with van der Waals surface area (Å²) in [5.41, 5.74) is 6.72. The smallest absolute Gasteiger partial charge is 0.271 e. The van der Waals surface area contributed by atoms with Gasteiger partial charge in [0, 0.05) is 16.1 Å². The molecule has 4 heteroatoms. The van der Waals surface area contributed by atoms with Gasteiger partial charge in [-0.25, -0.2) is 0 Å². The minimum atomic E-state index is -0.164. The summed E-state index contributed by atoms with van der Waals surface area (Å²) in [6.07, 6.45) is 7.46. The second-order valence-corrected chi connectivity index (χ2v) is 5.36. The molecule has 1 heterocycles. The number of pyridine rings is 1. The molecule has 0 aromatic carbocycles. The first-order valence-corrected chi connectivity index (χ1v) is 6.66. The van der Waals surface area contributed by atoms with Crippen LogP contribution in [0.15, 0.2) is 15.3 Å². The van der Waals surface area contributed by atoms with Gasteiger partial charge >= 0.3 is 0 Å². The van der Waals surface area contributed by atoms with Gasteiger partial charge in [-0.3, -0.25) is 4.79 Å². The van der Waals surface area contributed by atoms with Crippen molar-refractivity contribution in [3.8, 4) is 0 Å². The molecule has 1 aliphatic carbocycles. The van der Waals surface area contributed by atoms with Crippen molar-refractivity contribution >= 4 is 21.6 Å². The van der Waals surface area contributed by atoms with Crippen molar-refractivity contribution in [2.24, 2.45) is 0 Å². The monoisotopic (exact) mass is 284 g/mol. The fraction of sp³-hybridized carbons (Fsp3) is 0.583. The Morgan fingerprint density at radius 2 is 1.88 bits per heavy atom. The van der Waals surface area contributed by atoms with Gasteiger partial charge in [0.25, 0.3) is 5.56 Å². The second-order valence-electron chi connectivity index (χ2n) is 4.50. The van der Waals surface area contributed by atoms with Crippen LogP contribution < -0.4 is 11.3 Å². The third kappa shape index (κ3) is 2.48. The number of aromatic amines is 1. The molecule has 88 valence electrons. The molecule has 1 aliphatic rings. The minimum absolute atomic E-state index is 0.164. The summed E-state index contributed by atoms with van der Waals surface area (Å²) in [5.74, 6) is 0.477. The number of H-pyrrole nitrogens is 1. The lowest BCUT2D eigenvalue weighted by molar-refractivity contribution is 0.574. The van der Waals surface area contributed by atoms with Gasteiger partial charge in [-0.2, -0.15) is 0 Å². The molecule has 1 aromatic heterocycles. The predicted octanol–water partition coefficient (Wildman–Crippen LogP) is 3.16. The van der Waals surface area contributed by atoms with Gasteiger partial charge < -0.3 is 10.7 Å². The highest BCUT2D eigenvalue weighted by Gasteiger charge is 2.18. The Morgan fingerprint density at radius 3 is 2.50 bits per heavy atom. The number of nitrogens with one attached hydrogen (secondary N) is 1. The van der Waals surface area contributed by atoms with Crippen molar-refractivity contribution in [2.75, 3.05) is 5.73 Å². The highest BCUT2D eigenvalue weighted by Crippen LogP contribution is 2.33. The van der Waals surface area contributed by atoms with E-state index in [0.29, 0.717) is 5.92 Å². The van der Waals surface area contributed by atoms with Crippen molar-refractivity contribution in [1.82, 2.24) is 4.98 Å². The fourth-order valence-electron chi connectivity index (χ4n) is 2.40. The predicted molar refractivity (Wildman–Crippen MR) is 69.6 cm³/mol. The number of nitrogen functional groups attached to an aromatic ring is 1. The Bertz CT molecular complexity index is 420. The molecule has 0 aliphatic heterocycles. The van der Waals surface area contributed by atoms with Crippen LogP contribution in [0.25, 0.3) is 0 Å². The van der Waals surface area contributed by atoms with Crippen LogP contribution in [-0.2, 0) is 0 Å². The first-order valence-electron chi connectivity index (χ1n) is 5.86. The lowest BCUT2D eigenvalue weighted by Gasteiger charge is -2.16. The Morgan fingerprint density at radius 1 is 1.25 bits per heavy atom. The van der Waals surface area contributed by atoms with E-state index in [1.807, 2.05) is 0 Å². The Labute approximate surface area is 104 Å². The average molecular weight is 285 g/mol. The molecule has 0 unspecified atom stereocenters. The van der Waals surface area contributed by atoms with E-state index in [1.165, 1.54) is 38.5 Å². The topological polar surface area (TPSA) is 58.9 Å². The number of anilines is 1. The average Bonchev–Trinajstić information content (AvgIpc) is 2.52. The second kappa shape index (κ2) is 5.04. The van der Waals surface area contributed by atoms with Gasteiger partial charge in [0.15, 0.2) is 0 Å². The van der Waals surface area contributed by atoms with E-state index < -0.39 is 0 Å². The van der Waals surface area contributed by atoms with Gasteiger partial charge in [0.1, 0.15) is 0 Å². The van der Waals surface area contributed by atoms with Gasteiger partial charge in [-0.05, 0) is 34.8 Å². The van der Waals surface area contributed by atoms with E-state index >= 15 is 0 Å². The molecule has 3 N–H and O–H groups in total. The number of hydrogen-bond acceptors (Lipinski definition) is 2. The summed E-state index contributed by atoms with van der Waals surface area (Å²) in [6, 6.07) is 1.72. The molecule has 16 heavy (non-hydrogen) atoms. The Balaban J connectivity index is 2.31. The third-order valence-corrected chi connectivity index (χ3v) is 3.97. The maximum atomic E-state index is 11.5. The summed E-state index contributed by atoms with van der Waals surface area (Å²) in [4.78, 5) is 14.4. The largest absolute Gasteiger partial charge is 0.394 e. The number of hydrogen-bond donors (Lipinski definition) is 2. The van der Waals surface area contributed by atoms with E-state index in [0.717, 1.165) is 10.2 Å². The summed E-state index contributed by atoms with van der Waals surface area (Å²) in [7, 11) is 0. The van der Waals surface area contributed by atoms with Gasteiger partial charge in [0.2, 0.25) is 0 Å². The molecule has 0 atom stereocenters. The highest BCUT2D eigenvalue weighted by molar-refractivity contribution is 9.10. The summed E-state index contributed by atoms with van der Waals surface area (Å²) < 4.78 is 0.941. The SMILES string of the molecule is Nc1cc(Br)c(C2CCCCCC2)[nH]c1=O. The molecule has 0 bridgehead atoms. The zero-order valence-corrected chi connectivity index (χ0v) is 10.8. The molecule has 1 saturated carbocycles. The summed E-state index contributed by atoms with van der Waals surface area (Å²) in [6.45, 7) is 0. The molecule has 2 rings (SSSR count). The highest BCUT2D eigenvalue weighted by atomic mass is 79.9. The first-order chi connectivity index (χ1) is 7.68. The van der Waals surface area contributed by atoms with Crippen LogP contribution in [0, 0.1) is 0 Å². The van der Waals surface area contributed by atoms with Crippen molar-refractivity contribution < 1.29 is 0 Å². The normalized spacial score (nSPS) is 18.3. The maximum Gasteiger partial charge on any atom is 0.271 e. The fourth-order valence-corrected chi connectivity index (χ4v) is 3.07. The lowest BCUT2D eigenvalue weighted by Crippen LogP contribution is -2.16. The van der Waals surface area contributed by atoms with E-state index in [1.54, 1.807) is 6.07 Å². The zero-order valence-electron chi connectivity index (χ0n) is 9.26. The summed E-state index contributed by atoms with van der Waals surface area (Å²) in [5, 5.41) is 0. The van der Waals surface area contributed by atoms with Crippen LogP contribution >= 0.6 is 15.9 Å². The van der Waals surface area contributed by atoms with E-state index in [-0.39, 0.29) is 11.2 Å². The minimum Gasteiger partial charge on any atom is -0.394 e. The molecule has 1 aromatic rings. The van der Waals surface area contributed by atoms with Crippen LogP contribution in [-0.4, -0.2) is 4.98 Å². The lowest BCUT2D eigenvalue weighted by atomic mass is 9.96. The van der Waals surface area contributed by atoms with E-state index in [9.17, 15) is 4.79 Å². The van der Waals surface area contributed by atoms with Crippen LogP contribution in [0.1, 0.15) is 50.1 Å². The Hall–Kier alpha value is -0.770. The molecular formula is C12H17BrN2O. The summed E-state index contributed by atoms with van der Waals surface area (Å²) >= 11 is 3.49. The number of halogens is 1. The molecule has 0 spiro atoms. The van der Waals surface area contributed by atoms with E-state index in [4.69, 9.17) is 5.73 Å². The van der Waals surface area contributed by atoms with Crippen molar-refractivity contribution in [3.05, 3.63) is 26.6 Å².